The number of pyridine rings is 2. The summed E-state index contributed by atoms with van der Waals surface area (Å²) in [6.45, 7) is 1.39. The van der Waals surface area contributed by atoms with E-state index in [0.717, 1.165) is 39.9 Å². The van der Waals surface area contributed by atoms with Crippen LogP contribution in [0.5, 0.6) is 17.4 Å². The van der Waals surface area contributed by atoms with Gasteiger partial charge in [-0.1, -0.05) is 17.7 Å². The Hall–Kier alpha value is -3.55. The number of aromatic nitrogens is 2. The van der Waals surface area contributed by atoms with Crippen LogP contribution in [0.3, 0.4) is 0 Å². The van der Waals surface area contributed by atoms with Crippen molar-refractivity contribution in [3.05, 3.63) is 65.9 Å². The fourth-order valence-corrected chi connectivity index (χ4v) is 3.50. The normalized spacial score (nSPS) is 11.1. The zero-order valence-corrected chi connectivity index (χ0v) is 19.3. The lowest BCUT2D eigenvalue weighted by Gasteiger charge is -2.13. The number of halogens is 1. The van der Waals surface area contributed by atoms with Crippen molar-refractivity contribution < 1.29 is 14.6 Å². The lowest BCUT2D eigenvalue weighted by molar-refractivity contribution is 0.254. The van der Waals surface area contributed by atoms with Gasteiger partial charge >= 0.3 is 0 Å². The van der Waals surface area contributed by atoms with Crippen molar-refractivity contribution in [2.45, 2.75) is 0 Å². The van der Waals surface area contributed by atoms with Crippen molar-refractivity contribution in [3.63, 3.8) is 0 Å². The van der Waals surface area contributed by atoms with Crippen molar-refractivity contribution >= 4 is 33.9 Å². The van der Waals surface area contributed by atoms with E-state index in [0.29, 0.717) is 18.2 Å². The van der Waals surface area contributed by atoms with Crippen molar-refractivity contribution in [1.29, 1.82) is 0 Å². The molecule has 169 valence electrons. The van der Waals surface area contributed by atoms with Crippen LogP contribution in [0, 0.1) is 6.07 Å². The largest absolute Gasteiger partial charge is 0.503 e. The highest BCUT2D eigenvalue weighted by atomic mass is 35.5. The lowest BCUT2D eigenvalue weighted by atomic mass is 10.0. The first-order chi connectivity index (χ1) is 15.9. The Balaban J connectivity index is 1.61. The highest BCUT2D eigenvalue weighted by Gasteiger charge is 2.12. The van der Waals surface area contributed by atoms with Crippen LogP contribution in [-0.2, 0) is 0 Å². The topological polar surface area (TPSA) is 79.7 Å². The van der Waals surface area contributed by atoms with Crippen molar-refractivity contribution in [1.82, 2.24) is 14.9 Å². The molecule has 0 saturated carbocycles. The number of hydrogen-bond acceptors (Lipinski definition) is 7. The molecule has 0 unspecified atom stereocenters. The monoisotopic (exact) mass is 463 g/mol. The van der Waals surface area contributed by atoms with Gasteiger partial charge in [-0.3, -0.25) is 4.98 Å². The van der Waals surface area contributed by atoms with Crippen LogP contribution in [0.25, 0.3) is 22.0 Å². The zero-order chi connectivity index (χ0) is 23.4. The summed E-state index contributed by atoms with van der Waals surface area (Å²) in [5, 5.41) is 14.5. The summed E-state index contributed by atoms with van der Waals surface area (Å²) in [5.74, 6) is 0.807. The standard InChI is InChI=1S/C25H24ClN4O3/c1-30(2)10-11-33-24-7-5-18(15-28-24)29-22-8-9-27-21-6-4-16(12-19(21)22)17-13-20(26)25(31)23(14-17)32-3/h4-7,9,12-15,31H,10-11H2,1-3H3,(H,27,29). The van der Waals surface area contributed by atoms with Crippen molar-refractivity contribution in [3.8, 4) is 28.5 Å². The summed E-state index contributed by atoms with van der Waals surface area (Å²) in [5.41, 5.74) is 4.09. The van der Waals surface area contributed by atoms with E-state index in [-0.39, 0.29) is 10.8 Å². The van der Waals surface area contributed by atoms with E-state index in [1.165, 1.54) is 7.11 Å². The Bertz CT molecular complexity index is 1260. The number of nitrogens with one attached hydrogen (secondary N) is 1. The van der Waals surface area contributed by atoms with Crippen LogP contribution in [0.1, 0.15) is 0 Å². The van der Waals surface area contributed by atoms with Crippen molar-refractivity contribution in [2.75, 3.05) is 39.7 Å². The molecule has 8 heteroatoms. The molecule has 4 rings (SSSR count). The third kappa shape index (κ3) is 5.27. The highest BCUT2D eigenvalue weighted by molar-refractivity contribution is 6.32. The Morgan fingerprint density at radius 2 is 1.94 bits per heavy atom. The van der Waals surface area contributed by atoms with Crippen LogP contribution >= 0.6 is 11.6 Å². The molecule has 0 saturated heterocycles. The van der Waals surface area contributed by atoms with Gasteiger partial charge < -0.3 is 24.8 Å². The van der Waals surface area contributed by atoms with Crippen LogP contribution < -0.4 is 14.8 Å². The third-order valence-corrected chi connectivity index (χ3v) is 5.34. The number of phenols is 1. The smallest absolute Gasteiger partial charge is 0.213 e. The number of ether oxygens (including phenoxy) is 2. The number of anilines is 2. The van der Waals surface area contributed by atoms with E-state index in [4.69, 9.17) is 21.1 Å². The second kappa shape index (κ2) is 9.94. The van der Waals surface area contributed by atoms with Gasteiger partial charge in [-0.2, -0.15) is 0 Å². The minimum Gasteiger partial charge on any atom is -0.503 e. The molecule has 2 aromatic carbocycles. The highest BCUT2D eigenvalue weighted by Crippen LogP contribution is 2.39. The Labute approximate surface area is 197 Å². The molecule has 33 heavy (non-hydrogen) atoms. The van der Waals surface area contributed by atoms with E-state index >= 15 is 0 Å². The summed E-state index contributed by atoms with van der Waals surface area (Å²) in [6.07, 6.45) is 3.36. The van der Waals surface area contributed by atoms with Crippen LogP contribution in [0.4, 0.5) is 11.4 Å². The second-order valence-electron chi connectivity index (χ2n) is 7.68. The van der Waals surface area contributed by atoms with Gasteiger partial charge in [-0.05, 0) is 55.6 Å². The number of phenolic OH excluding ortho intramolecular Hbond substituents is 1. The SMILES string of the molecule is COc1cc(-c2ccc3nc[c]c(Nc4ccc(OCCN(C)C)nc4)c3c2)cc(Cl)c1O. The van der Waals surface area contributed by atoms with Gasteiger partial charge in [0.25, 0.3) is 0 Å². The molecule has 0 bridgehead atoms. The molecule has 7 nitrogen and oxygen atoms in total. The van der Waals surface area contributed by atoms with Gasteiger partial charge in [0.2, 0.25) is 5.88 Å². The number of nitrogens with zero attached hydrogens (tertiary/aromatic N) is 3. The fourth-order valence-electron chi connectivity index (χ4n) is 3.29. The average Bonchev–Trinajstić information content (AvgIpc) is 2.81. The molecule has 0 atom stereocenters. The van der Waals surface area contributed by atoms with Crippen LogP contribution in [0.15, 0.2) is 54.9 Å². The summed E-state index contributed by atoms with van der Waals surface area (Å²) in [6, 6.07) is 16.2. The average molecular weight is 464 g/mol. The molecule has 4 aromatic rings. The van der Waals surface area contributed by atoms with Gasteiger partial charge in [0, 0.05) is 30.3 Å². The summed E-state index contributed by atoms with van der Waals surface area (Å²) >= 11 is 6.18. The fraction of sp³-hybridized carbons (Fsp3) is 0.200. The van der Waals surface area contributed by atoms with E-state index in [1.807, 2.05) is 44.4 Å². The lowest BCUT2D eigenvalue weighted by Crippen LogP contribution is -2.19. The quantitative estimate of drug-likeness (QED) is 0.374. The van der Waals surface area contributed by atoms with Gasteiger partial charge in [0.1, 0.15) is 6.61 Å². The summed E-state index contributed by atoms with van der Waals surface area (Å²) < 4.78 is 10.9. The molecule has 0 fully saturated rings. The van der Waals surface area contributed by atoms with Gasteiger partial charge in [-0.15, -0.1) is 0 Å². The molecule has 2 N–H and O–H groups in total. The predicted octanol–water partition coefficient (Wildman–Crippen LogP) is 5.15. The number of hydrogen-bond donors (Lipinski definition) is 2. The molecule has 2 aromatic heterocycles. The third-order valence-electron chi connectivity index (χ3n) is 5.05. The molecular weight excluding hydrogens is 440 g/mol. The van der Waals surface area contributed by atoms with Crippen LogP contribution in [0.2, 0.25) is 5.02 Å². The second-order valence-corrected chi connectivity index (χ2v) is 8.09. The first-order valence-corrected chi connectivity index (χ1v) is 10.7. The molecule has 0 aliphatic carbocycles. The molecule has 2 heterocycles. The van der Waals surface area contributed by atoms with Crippen molar-refractivity contribution in [2.24, 2.45) is 0 Å². The molecular formula is C25H24ClN4O3. The van der Waals surface area contributed by atoms with E-state index < -0.39 is 0 Å². The number of rotatable bonds is 8. The molecule has 0 spiro atoms. The van der Waals surface area contributed by atoms with Gasteiger partial charge in [-0.25, -0.2) is 4.98 Å². The first kappa shape index (κ1) is 22.6. The number of benzene rings is 2. The summed E-state index contributed by atoms with van der Waals surface area (Å²) in [4.78, 5) is 10.8. The Morgan fingerprint density at radius 1 is 1.09 bits per heavy atom. The maximum Gasteiger partial charge on any atom is 0.213 e. The molecule has 0 aliphatic heterocycles. The first-order valence-electron chi connectivity index (χ1n) is 10.3. The number of aromatic hydroxyl groups is 1. The maximum atomic E-state index is 10.0. The molecule has 0 amide bonds. The van der Waals surface area contributed by atoms with E-state index in [2.05, 4.69) is 26.3 Å². The molecule has 1 radical (unpaired) electrons. The zero-order valence-electron chi connectivity index (χ0n) is 18.6. The number of likely N-dealkylation sites (N-methyl/N-ethyl adjacent to an activating group) is 1. The summed E-state index contributed by atoms with van der Waals surface area (Å²) in [7, 11) is 5.48. The van der Waals surface area contributed by atoms with E-state index in [9.17, 15) is 5.11 Å². The van der Waals surface area contributed by atoms with Crippen LogP contribution in [-0.4, -0.2) is 54.3 Å². The maximum absolute atomic E-state index is 10.0. The number of methoxy groups -OCH3 is 1. The number of fused-ring (bicyclic) bond motifs is 1. The van der Waals surface area contributed by atoms with Gasteiger partial charge in [0.05, 0.1) is 35.2 Å². The van der Waals surface area contributed by atoms with Gasteiger partial charge in [0.15, 0.2) is 11.5 Å². The van der Waals surface area contributed by atoms with E-state index in [1.54, 1.807) is 24.5 Å². The predicted molar refractivity (Wildman–Crippen MR) is 131 cm³/mol. The Morgan fingerprint density at radius 3 is 2.67 bits per heavy atom. The molecule has 0 aliphatic rings. The minimum atomic E-state index is -0.0808. The Kier molecular flexibility index (Phi) is 6.82. The minimum absolute atomic E-state index is 0.0808.